The molecule has 12 aromatic rings. The van der Waals surface area contributed by atoms with Crippen LogP contribution in [-0.2, 0) is 0 Å². The first kappa shape index (κ1) is 36.1. The fraction of sp³-hybridized carbons (Fsp3) is 0. The van der Waals surface area contributed by atoms with Crippen molar-refractivity contribution in [1.29, 1.82) is 0 Å². The minimum absolute atomic E-state index is 0.891. The molecule has 290 valence electrons. The van der Waals surface area contributed by atoms with Gasteiger partial charge < -0.3 is 4.42 Å². The van der Waals surface area contributed by atoms with E-state index in [0.29, 0.717) is 0 Å². The molecule has 0 aliphatic heterocycles. The predicted molar refractivity (Wildman–Crippen MR) is 266 cm³/mol. The van der Waals surface area contributed by atoms with Gasteiger partial charge >= 0.3 is 0 Å². The Morgan fingerprint density at radius 3 is 1.31 bits per heavy atom. The van der Waals surface area contributed by atoms with E-state index in [1.807, 2.05) is 0 Å². The Morgan fingerprint density at radius 2 is 0.726 bits per heavy atom. The summed E-state index contributed by atoms with van der Waals surface area (Å²) in [6.07, 6.45) is 0. The third kappa shape index (κ3) is 5.69. The highest BCUT2D eigenvalue weighted by atomic mass is 28.3. The topological polar surface area (TPSA) is 13.1 Å². The third-order valence-corrected chi connectivity index (χ3v) is 17.8. The van der Waals surface area contributed by atoms with Crippen LogP contribution in [0.2, 0.25) is 0 Å². The van der Waals surface area contributed by atoms with Crippen molar-refractivity contribution in [3.8, 4) is 33.4 Å². The van der Waals surface area contributed by atoms with Crippen LogP contribution in [0, 0.1) is 0 Å². The van der Waals surface area contributed by atoms with E-state index >= 15 is 0 Å². The van der Waals surface area contributed by atoms with Crippen LogP contribution in [-0.4, -0.2) is 8.07 Å². The minimum atomic E-state index is -2.68. The number of fused-ring (bicyclic) bond motifs is 6. The maximum Gasteiger partial charge on any atom is 0.179 e. The standard InChI is InChI=1S/C60H40OSi/c1-4-20-46(21-5-1)62(47-22-6-2-7-23-47,48-24-8-3-9-25-48)49-36-34-42(35-37-49)45-39-55-50-26-16-17-31-57(50)61-60(55)56(40-45)59-53-29-14-12-27-51(53)58(52-28-13-15-30-54(52)59)44-33-32-41-18-10-11-19-43(41)38-44/h1-40H. The summed E-state index contributed by atoms with van der Waals surface area (Å²) < 4.78 is 6.91. The second-order valence-corrected chi connectivity index (χ2v) is 20.1. The van der Waals surface area contributed by atoms with Crippen LogP contribution in [0.4, 0.5) is 0 Å². The van der Waals surface area contributed by atoms with Crippen molar-refractivity contribution in [1.82, 2.24) is 0 Å². The number of furan rings is 1. The van der Waals surface area contributed by atoms with Crippen molar-refractivity contribution in [3.05, 3.63) is 243 Å². The summed E-state index contributed by atoms with van der Waals surface area (Å²) in [5, 5.41) is 15.0. The molecule has 0 atom stereocenters. The molecule has 0 bridgehead atoms. The van der Waals surface area contributed by atoms with Gasteiger partial charge in [-0.1, -0.05) is 218 Å². The summed E-state index contributed by atoms with van der Waals surface area (Å²) in [6.45, 7) is 0. The van der Waals surface area contributed by atoms with Crippen molar-refractivity contribution in [2.45, 2.75) is 0 Å². The molecule has 11 aromatic carbocycles. The van der Waals surface area contributed by atoms with Crippen LogP contribution in [0.5, 0.6) is 0 Å². The Kier molecular flexibility index (Phi) is 8.58. The molecule has 62 heavy (non-hydrogen) atoms. The number of hydrogen-bond donors (Lipinski definition) is 0. The highest BCUT2D eigenvalue weighted by Crippen LogP contribution is 2.48. The van der Waals surface area contributed by atoms with Crippen LogP contribution in [0.25, 0.3) is 87.6 Å². The average molecular weight is 805 g/mol. The second kappa shape index (κ2) is 14.7. The molecule has 1 nitrogen and oxygen atoms in total. The molecule has 0 aliphatic rings. The largest absolute Gasteiger partial charge is 0.455 e. The molecule has 0 saturated heterocycles. The zero-order valence-electron chi connectivity index (χ0n) is 34.0. The first-order chi connectivity index (χ1) is 30.8. The van der Waals surface area contributed by atoms with Gasteiger partial charge in [0.2, 0.25) is 0 Å². The Bertz CT molecular complexity index is 3450. The summed E-state index contributed by atoms with van der Waals surface area (Å²) in [5.41, 5.74) is 8.87. The normalized spacial score (nSPS) is 11.9. The summed E-state index contributed by atoms with van der Waals surface area (Å²) in [7, 11) is -2.68. The lowest BCUT2D eigenvalue weighted by Crippen LogP contribution is -2.74. The number of rotatable bonds is 7. The van der Waals surface area contributed by atoms with Crippen LogP contribution >= 0.6 is 0 Å². The minimum Gasteiger partial charge on any atom is -0.455 e. The van der Waals surface area contributed by atoms with Gasteiger partial charge in [0.05, 0.1) is 0 Å². The molecular weight excluding hydrogens is 765 g/mol. The van der Waals surface area contributed by atoms with Crippen molar-refractivity contribution < 1.29 is 4.42 Å². The van der Waals surface area contributed by atoms with E-state index in [4.69, 9.17) is 4.42 Å². The van der Waals surface area contributed by atoms with E-state index < -0.39 is 8.07 Å². The zero-order valence-corrected chi connectivity index (χ0v) is 35.0. The molecule has 1 heterocycles. The van der Waals surface area contributed by atoms with Crippen LogP contribution in [0.1, 0.15) is 0 Å². The molecular formula is C60H40OSi. The van der Waals surface area contributed by atoms with Gasteiger partial charge in [0.25, 0.3) is 0 Å². The lowest BCUT2D eigenvalue weighted by molar-refractivity contribution is 0.670. The smallest absolute Gasteiger partial charge is 0.179 e. The fourth-order valence-electron chi connectivity index (χ4n) is 10.2. The van der Waals surface area contributed by atoms with E-state index in [2.05, 4.69) is 243 Å². The zero-order chi connectivity index (χ0) is 41.0. The van der Waals surface area contributed by atoms with Gasteiger partial charge in [-0.15, -0.1) is 0 Å². The van der Waals surface area contributed by atoms with E-state index in [9.17, 15) is 0 Å². The first-order valence-electron chi connectivity index (χ1n) is 21.4. The molecule has 1 aromatic heterocycles. The molecule has 0 N–H and O–H groups in total. The van der Waals surface area contributed by atoms with Crippen molar-refractivity contribution in [2.75, 3.05) is 0 Å². The molecule has 0 unspecified atom stereocenters. The van der Waals surface area contributed by atoms with Crippen LogP contribution in [0.3, 0.4) is 0 Å². The van der Waals surface area contributed by atoms with Crippen molar-refractivity contribution in [3.63, 3.8) is 0 Å². The van der Waals surface area contributed by atoms with Gasteiger partial charge in [-0.3, -0.25) is 0 Å². The summed E-state index contributed by atoms with van der Waals surface area (Å²) >= 11 is 0. The molecule has 0 saturated carbocycles. The second-order valence-electron chi connectivity index (χ2n) is 16.3. The monoisotopic (exact) mass is 804 g/mol. The number of benzene rings is 11. The molecule has 0 aliphatic carbocycles. The highest BCUT2D eigenvalue weighted by molar-refractivity contribution is 7.19. The van der Waals surface area contributed by atoms with E-state index in [-0.39, 0.29) is 0 Å². The average Bonchev–Trinajstić information content (AvgIpc) is 3.73. The van der Waals surface area contributed by atoms with Gasteiger partial charge in [-0.25, -0.2) is 0 Å². The van der Waals surface area contributed by atoms with E-state index in [1.54, 1.807) is 0 Å². The maximum atomic E-state index is 6.91. The molecule has 2 heteroatoms. The summed E-state index contributed by atoms with van der Waals surface area (Å²) in [5.74, 6) is 0. The van der Waals surface area contributed by atoms with E-state index in [1.165, 1.54) is 75.3 Å². The Hall–Kier alpha value is -7.78. The third-order valence-electron chi connectivity index (χ3n) is 13.0. The fourth-order valence-corrected chi connectivity index (χ4v) is 15.0. The molecule has 0 amide bonds. The van der Waals surface area contributed by atoms with Crippen molar-refractivity contribution in [2.24, 2.45) is 0 Å². The first-order valence-corrected chi connectivity index (χ1v) is 23.4. The SMILES string of the molecule is c1ccc([Si](c2ccccc2)(c2ccccc2)c2ccc(-c3cc(-c4c5ccccc5c(-c5ccc6ccccc6c5)c5ccccc45)c4oc5ccccc5c4c3)cc2)cc1. The predicted octanol–water partition coefficient (Wildman–Crippen LogP) is 13.4. The quantitative estimate of drug-likeness (QED) is 0.0888. The molecule has 0 radical (unpaired) electrons. The van der Waals surface area contributed by atoms with Gasteiger partial charge in [0.15, 0.2) is 8.07 Å². The van der Waals surface area contributed by atoms with E-state index in [0.717, 1.165) is 33.1 Å². The summed E-state index contributed by atoms with van der Waals surface area (Å²) in [4.78, 5) is 0. The number of para-hydroxylation sites is 1. The Morgan fingerprint density at radius 1 is 0.274 bits per heavy atom. The van der Waals surface area contributed by atoms with Gasteiger partial charge in [0.1, 0.15) is 11.2 Å². The lowest BCUT2D eigenvalue weighted by atomic mass is 9.84. The highest BCUT2D eigenvalue weighted by Gasteiger charge is 2.41. The summed E-state index contributed by atoms with van der Waals surface area (Å²) in [6, 6.07) is 89.4. The van der Waals surface area contributed by atoms with Gasteiger partial charge in [0, 0.05) is 21.9 Å². The van der Waals surface area contributed by atoms with Gasteiger partial charge in [-0.2, -0.15) is 0 Å². The molecule has 0 fully saturated rings. The Labute approximate surface area is 361 Å². The maximum absolute atomic E-state index is 6.91. The van der Waals surface area contributed by atoms with Gasteiger partial charge in [-0.05, 0) is 99.6 Å². The molecule has 12 rings (SSSR count). The molecule has 0 spiro atoms. The lowest BCUT2D eigenvalue weighted by Gasteiger charge is -2.34. The number of hydrogen-bond acceptors (Lipinski definition) is 1. The van der Waals surface area contributed by atoms with Crippen molar-refractivity contribution >= 4 is 83.1 Å². The Balaban J connectivity index is 1.11. The van der Waals surface area contributed by atoms with Crippen LogP contribution in [0.15, 0.2) is 247 Å². The van der Waals surface area contributed by atoms with Crippen LogP contribution < -0.4 is 20.7 Å².